The second-order valence-electron chi connectivity index (χ2n) is 1.88. The molecule has 5 heteroatoms. The van der Waals surface area contributed by atoms with Crippen LogP contribution in [0, 0.1) is 0 Å². The Morgan fingerprint density at radius 2 is 2.11 bits per heavy atom. The van der Waals surface area contributed by atoms with Gasteiger partial charge in [-0.3, -0.25) is 4.39 Å². The summed E-state index contributed by atoms with van der Waals surface area (Å²) in [5, 5.41) is 3.91. The van der Waals surface area contributed by atoms with Gasteiger partial charge in [0, 0.05) is 0 Å². The fraction of sp³-hybridized carbons (Fsp3) is 1.00. The van der Waals surface area contributed by atoms with Crippen LogP contribution in [0.3, 0.4) is 0 Å². The number of primary sulfonamides is 1. The summed E-state index contributed by atoms with van der Waals surface area (Å²) in [6.07, 6.45) is -0.0150. The van der Waals surface area contributed by atoms with Gasteiger partial charge < -0.3 is 0 Å². The Hall–Kier alpha value is -0.160. The molecule has 9 heavy (non-hydrogen) atoms. The highest BCUT2D eigenvalue weighted by atomic mass is 32.2. The maximum Gasteiger partial charge on any atom is 0.211 e. The molecule has 3 nitrogen and oxygen atoms in total. The predicted octanol–water partition coefficient (Wildman–Crippen LogP) is 0.0230. The molecule has 0 aliphatic heterocycles. The van der Waals surface area contributed by atoms with E-state index in [1.54, 1.807) is 0 Å². The maximum absolute atomic E-state index is 11.5. The molecule has 2 N–H and O–H groups in total. The van der Waals surface area contributed by atoms with E-state index in [0.29, 0.717) is 0 Å². The molecule has 0 aromatic carbocycles. The van der Waals surface area contributed by atoms with Crippen molar-refractivity contribution in [3.05, 3.63) is 0 Å². The zero-order chi connectivity index (χ0) is 7.49. The number of hydrogen-bond acceptors (Lipinski definition) is 2. The quantitative estimate of drug-likeness (QED) is 0.624. The minimum absolute atomic E-state index is 0.0150. The van der Waals surface area contributed by atoms with Gasteiger partial charge in [-0.25, -0.2) is 13.6 Å². The molecule has 0 amide bonds. The number of hydrogen-bond donors (Lipinski definition) is 1. The van der Waals surface area contributed by atoms with Crippen LogP contribution in [0.1, 0.15) is 13.3 Å². The largest absolute Gasteiger partial charge is 0.251 e. The lowest BCUT2D eigenvalue weighted by molar-refractivity contribution is 0.464. The first-order valence-electron chi connectivity index (χ1n) is 2.56. The van der Waals surface area contributed by atoms with Gasteiger partial charge in [-0.15, -0.1) is 0 Å². The normalized spacial score (nSPS) is 15.4. The van der Waals surface area contributed by atoms with E-state index in [0.717, 1.165) is 0 Å². The average molecular weight is 155 g/mol. The monoisotopic (exact) mass is 155 g/mol. The zero-order valence-corrected chi connectivity index (χ0v) is 5.99. The van der Waals surface area contributed by atoms with Gasteiger partial charge >= 0.3 is 0 Å². The molecular formula is C4H10FNO2S. The summed E-state index contributed by atoms with van der Waals surface area (Å²) in [5.41, 5.74) is 0. The van der Waals surface area contributed by atoms with Gasteiger partial charge in [-0.05, 0) is 13.3 Å². The van der Waals surface area contributed by atoms with Crippen molar-refractivity contribution >= 4 is 10.0 Å². The molecule has 0 bridgehead atoms. The lowest BCUT2D eigenvalue weighted by Gasteiger charge is -2.03. The highest BCUT2D eigenvalue weighted by Crippen LogP contribution is 1.99. The van der Waals surface area contributed by atoms with E-state index in [1.165, 1.54) is 6.92 Å². The Morgan fingerprint density at radius 3 is 2.22 bits per heavy atom. The molecule has 0 heterocycles. The second-order valence-corrected chi connectivity index (χ2v) is 3.86. The Labute approximate surface area is 54.1 Å². The summed E-state index contributed by atoms with van der Waals surface area (Å²) < 4.78 is 32.1. The van der Waals surface area contributed by atoms with Gasteiger partial charge in [0.1, 0.15) is 0 Å². The minimum atomic E-state index is -3.50. The van der Waals surface area contributed by atoms with E-state index >= 15 is 0 Å². The van der Waals surface area contributed by atoms with E-state index < -0.39 is 21.9 Å². The third-order valence-corrected chi connectivity index (χ3v) is 2.43. The molecule has 0 spiro atoms. The van der Waals surface area contributed by atoms with Crippen LogP contribution in [0.25, 0.3) is 0 Å². The van der Waals surface area contributed by atoms with Gasteiger partial charge in [0.15, 0.2) is 0 Å². The Balaban J connectivity index is 3.90. The molecular weight excluding hydrogens is 145 g/mol. The van der Waals surface area contributed by atoms with Crippen LogP contribution in [0.15, 0.2) is 0 Å². The van der Waals surface area contributed by atoms with Crippen molar-refractivity contribution in [3.8, 4) is 0 Å². The third-order valence-electron chi connectivity index (χ3n) is 1.08. The molecule has 0 aromatic rings. The van der Waals surface area contributed by atoms with Crippen LogP contribution < -0.4 is 5.14 Å². The molecule has 0 aliphatic carbocycles. The maximum atomic E-state index is 11.5. The molecule has 0 aromatic heterocycles. The lowest BCUT2D eigenvalue weighted by atomic mass is 10.4. The number of rotatable bonds is 3. The highest BCUT2D eigenvalue weighted by Gasteiger charge is 2.13. The summed E-state index contributed by atoms with van der Waals surface area (Å²) in [4.78, 5) is 0. The van der Waals surface area contributed by atoms with Gasteiger partial charge in [-0.2, -0.15) is 0 Å². The standard InChI is InChI=1S/C4H10FNO2S/c1-4(2-3-5)9(6,7)8/h4H,2-3H2,1H3,(H2,6,7,8). The Kier molecular flexibility index (Phi) is 3.07. The second kappa shape index (κ2) is 3.12. The summed E-state index contributed by atoms with van der Waals surface area (Å²) in [6, 6.07) is 0. The fourth-order valence-corrected chi connectivity index (χ4v) is 0.736. The molecule has 1 unspecified atom stereocenters. The highest BCUT2D eigenvalue weighted by molar-refractivity contribution is 7.89. The van der Waals surface area contributed by atoms with Crippen LogP contribution in [0.2, 0.25) is 0 Å². The van der Waals surface area contributed by atoms with E-state index in [1.807, 2.05) is 0 Å². The molecule has 1 atom stereocenters. The number of sulfonamides is 1. The third kappa shape index (κ3) is 3.42. The predicted molar refractivity (Wildman–Crippen MR) is 33.2 cm³/mol. The van der Waals surface area contributed by atoms with Crippen LogP contribution in [0.4, 0.5) is 4.39 Å². The van der Waals surface area contributed by atoms with Gasteiger partial charge in [0.25, 0.3) is 0 Å². The van der Waals surface area contributed by atoms with Gasteiger partial charge in [-0.1, -0.05) is 0 Å². The van der Waals surface area contributed by atoms with Crippen molar-refractivity contribution in [2.24, 2.45) is 5.14 Å². The molecule has 0 saturated heterocycles. The number of halogens is 1. The Bertz CT molecular complexity index is 165. The van der Waals surface area contributed by atoms with Crippen molar-refractivity contribution in [1.82, 2.24) is 0 Å². The van der Waals surface area contributed by atoms with E-state index in [9.17, 15) is 12.8 Å². The topological polar surface area (TPSA) is 60.2 Å². The van der Waals surface area contributed by atoms with Gasteiger partial charge in [0.2, 0.25) is 10.0 Å². The molecule has 0 fully saturated rings. The van der Waals surface area contributed by atoms with Crippen LogP contribution in [-0.2, 0) is 10.0 Å². The average Bonchev–Trinajstić information content (AvgIpc) is 1.64. The molecule has 0 radical (unpaired) electrons. The van der Waals surface area contributed by atoms with Crippen molar-refractivity contribution in [2.75, 3.05) is 6.67 Å². The van der Waals surface area contributed by atoms with Crippen molar-refractivity contribution < 1.29 is 12.8 Å². The fourth-order valence-electron chi connectivity index (χ4n) is 0.318. The van der Waals surface area contributed by atoms with Crippen LogP contribution in [0.5, 0.6) is 0 Å². The zero-order valence-electron chi connectivity index (χ0n) is 5.17. The minimum Gasteiger partial charge on any atom is -0.251 e. The van der Waals surface area contributed by atoms with Crippen molar-refractivity contribution in [2.45, 2.75) is 18.6 Å². The number of nitrogens with two attached hydrogens (primary N) is 1. The summed E-state index contributed by atoms with van der Waals surface area (Å²) in [7, 11) is -3.50. The first-order chi connectivity index (χ1) is 3.98. The first kappa shape index (κ1) is 8.84. The number of alkyl halides is 1. The smallest absolute Gasteiger partial charge is 0.211 e. The van der Waals surface area contributed by atoms with E-state index in [4.69, 9.17) is 0 Å². The molecule has 0 saturated carbocycles. The van der Waals surface area contributed by atoms with Crippen LogP contribution in [-0.4, -0.2) is 20.3 Å². The van der Waals surface area contributed by atoms with Gasteiger partial charge in [0.05, 0.1) is 11.9 Å². The summed E-state index contributed by atoms with van der Waals surface area (Å²) in [6.45, 7) is 0.743. The van der Waals surface area contributed by atoms with Crippen LogP contribution >= 0.6 is 0 Å². The van der Waals surface area contributed by atoms with E-state index in [2.05, 4.69) is 5.14 Å². The SMILES string of the molecule is CC(CCF)S(N)(=O)=O. The molecule has 0 aliphatic rings. The van der Waals surface area contributed by atoms with Crippen molar-refractivity contribution in [1.29, 1.82) is 0 Å². The van der Waals surface area contributed by atoms with Crippen molar-refractivity contribution in [3.63, 3.8) is 0 Å². The van der Waals surface area contributed by atoms with E-state index in [-0.39, 0.29) is 6.42 Å². The first-order valence-corrected chi connectivity index (χ1v) is 4.17. The summed E-state index contributed by atoms with van der Waals surface area (Å²) in [5.74, 6) is 0. The lowest BCUT2D eigenvalue weighted by Crippen LogP contribution is -2.25. The Morgan fingerprint density at radius 1 is 1.67 bits per heavy atom. The molecule has 0 rings (SSSR count). The molecule has 56 valence electrons. The summed E-state index contributed by atoms with van der Waals surface area (Å²) >= 11 is 0.